The summed E-state index contributed by atoms with van der Waals surface area (Å²) in [5.41, 5.74) is -1.03. The fraction of sp³-hybridized carbons (Fsp3) is 0.333. The quantitative estimate of drug-likeness (QED) is 0.877. The zero-order valence-corrected chi connectivity index (χ0v) is 9.06. The number of halogens is 4. The van der Waals surface area contributed by atoms with E-state index in [0.29, 0.717) is 0 Å². The zero-order chi connectivity index (χ0) is 11.6. The highest BCUT2D eigenvalue weighted by Crippen LogP contribution is 2.39. The first kappa shape index (κ1) is 12.3. The van der Waals surface area contributed by atoms with E-state index < -0.39 is 17.5 Å². The van der Waals surface area contributed by atoms with E-state index in [0.717, 1.165) is 6.07 Å². The van der Waals surface area contributed by atoms with Crippen molar-refractivity contribution < 1.29 is 23.4 Å². The van der Waals surface area contributed by atoms with Crippen molar-refractivity contribution in [2.45, 2.75) is 12.6 Å². The van der Waals surface area contributed by atoms with Gasteiger partial charge in [-0.3, -0.25) is 0 Å². The Morgan fingerprint density at radius 1 is 1.27 bits per heavy atom. The zero-order valence-electron chi connectivity index (χ0n) is 7.48. The van der Waals surface area contributed by atoms with E-state index in [1.54, 1.807) is 0 Å². The third-order valence-electron chi connectivity index (χ3n) is 1.84. The van der Waals surface area contributed by atoms with Crippen molar-refractivity contribution in [3.63, 3.8) is 0 Å². The maximum absolute atomic E-state index is 12.4. The third-order valence-corrected chi connectivity index (χ3v) is 2.30. The molecule has 15 heavy (non-hydrogen) atoms. The van der Waals surface area contributed by atoms with Gasteiger partial charge in [0.05, 0.1) is 5.56 Å². The van der Waals surface area contributed by atoms with Gasteiger partial charge < -0.3 is 10.2 Å². The summed E-state index contributed by atoms with van der Waals surface area (Å²) in [6, 6.07) is 2.15. The molecule has 0 atom stereocenters. The maximum atomic E-state index is 12.4. The summed E-state index contributed by atoms with van der Waals surface area (Å²) in [6.45, 7) is -0.318. The molecule has 6 heteroatoms. The highest BCUT2D eigenvalue weighted by molar-refractivity contribution is 9.10. The predicted molar refractivity (Wildman–Crippen MR) is 51.6 cm³/mol. The highest BCUT2D eigenvalue weighted by atomic mass is 79.9. The molecule has 0 aromatic heterocycles. The van der Waals surface area contributed by atoms with Crippen molar-refractivity contribution in [1.29, 1.82) is 0 Å². The van der Waals surface area contributed by atoms with Crippen LogP contribution in [0.1, 0.15) is 11.1 Å². The molecule has 0 heterocycles. The number of benzene rings is 1. The molecule has 0 aliphatic rings. The maximum Gasteiger partial charge on any atom is 0.420 e. The molecule has 2 nitrogen and oxygen atoms in total. The Kier molecular flexibility index (Phi) is 3.62. The Morgan fingerprint density at radius 2 is 1.87 bits per heavy atom. The molecule has 0 amide bonds. The standard InChI is InChI=1S/C9H8BrF3O2/c10-6-3-5(1-2-14)8(15)7(4-6)9(11,12)13/h3-4,14-15H,1-2H2. The van der Waals surface area contributed by atoms with Gasteiger partial charge in [0.2, 0.25) is 0 Å². The predicted octanol–water partition coefficient (Wildman–Crippen LogP) is 2.71. The summed E-state index contributed by atoms with van der Waals surface area (Å²) in [5, 5.41) is 17.9. The Hall–Kier alpha value is -0.750. The molecule has 0 fully saturated rings. The molecule has 2 N–H and O–H groups in total. The van der Waals surface area contributed by atoms with Crippen LogP contribution in [0.4, 0.5) is 13.2 Å². The summed E-state index contributed by atoms with van der Waals surface area (Å²) >= 11 is 2.92. The normalized spacial score (nSPS) is 11.8. The lowest BCUT2D eigenvalue weighted by Gasteiger charge is -2.12. The van der Waals surface area contributed by atoms with Gasteiger partial charge in [-0.1, -0.05) is 15.9 Å². The second kappa shape index (κ2) is 4.40. The van der Waals surface area contributed by atoms with Crippen molar-refractivity contribution >= 4 is 15.9 Å². The summed E-state index contributed by atoms with van der Waals surface area (Å²) in [6.07, 6.45) is -4.62. The molecule has 0 saturated heterocycles. The molecule has 84 valence electrons. The smallest absolute Gasteiger partial charge is 0.420 e. The third kappa shape index (κ3) is 2.85. The molecule has 0 radical (unpaired) electrons. The second-order valence-corrected chi connectivity index (χ2v) is 3.85. The molecular formula is C9H8BrF3O2. The lowest BCUT2D eigenvalue weighted by molar-refractivity contribution is -0.138. The summed E-state index contributed by atoms with van der Waals surface area (Å²) < 4.78 is 37.4. The van der Waals surface area contributed by atoms with Gasteiger partial charge in [0, 0.05) is 11.1 Å². The van der Waals surface area contributed by atoms with Crippen LogP contribution in [-0.4, -0.2) is 16.8 Å². The minimum absolute atomic E-state index is 0.0195. The summed E-state index contributed by atoms with van der Waals surface area (Å²) in [5.74, 6) is -0.820. The van der Waals surface area contributed by atoms with Crippen molar-refractivity contribution in [1.82, 2.24) is 0 Å². The van der Waals surface area contributed by atoms with Crippen LogP contribution < -0.4 is 0 Å². The number of phenolic OH excluding ortho intramolecular Hbond substituents is 1. The van der Waals surface area contributed by atoms with Gasteiger partial charge in [0.25, 0.3) is 0 Å². The number of hydrogen-bond acceptors (Lipinski definition) is 2. The number of alkyl halides is 3. The van der Waals surface area contributed by atoms with Crippen molar-refractivity contribution in [2.75, 3.05) is 6.61 Å². The molecule has 0 bridgehead atoms. The van der Waals surface area contributed by atoms with E-state index in [1.165, 1.54) is 6.07 Å². The van der Waals surface area contributed by atoms with Gasteiger partial charge in [-0.25, -0.2) is 0 Å². The Balaban J connectivity index is 3.28. The Bertz CT molecular complexity index is 363. The van der Waals surface area contributed by atoms with E-state index in [2.05, 4.69) is 15.9 Å². The van der Waals surface area contributed by atoms with Gasteiger partial charge in [0.1, 0.15) is 5.75 Å². The van der Waals surface area contributed by atoms with E-state index in [-0.39, 0.29) is 23.1 Å². The molecule has 0 spiro atoms. The van der Waals surface area contributed by atoms with E-state index in [1.807, 2.05) is 0 Å². The minimum Gasteiger partial charge on any atom is -0.507 e. The monoisotopic (exact) mass is 284 g/mol. The average Bonchev–Trinajstić information content (AvgIpc) is 2.09. The molecule has 1 aromatic carbocycles. The van der Waals surface area contributed by atoms with Crippen LogP contribution >= 0.6 is 15.9 Å². The van der Waals surface area contributed by atoms with Crippen LogP contribution in [-0.2, 0) is 12.6 Å². The van der Waals surface area contributed by atoms with Crippen LogP contribution in [0.5, 0.6) is 5.75 Å². The van der Waals surface area contributed by atoms with Gasteiger partial charge in [-0.05, 0) is 24.1 Å². The minimum atomic E-state index is -4.60. The number of rotatable bonds is 2. The van der Waals surface area contributed by atoms with E-state index in [4.69, 9.17) is 5.11 Å². The lowest BCUT2D eigenvalue weighted by atomic mass is 10.1. The molecule has 1 rings (SSSR count). The second-order valence-electron chi connectivity index (χ2n) is 2.93. The number of aromatic hydroxyl groups is 1. The first-order valence-corrected chi connectivity index (χ1v) is 4.85. The molecule has 0 unspecified atom stereocenters. The van der Waals surface area contributed by atoms with Crippen molar-refractivity contribution in [3.05, 3.63) is 27.7 Å². The van der Waals surface area contributed by atoms with Crippen molar-refractivity contribution in [3.8, 4) is 5.75 Å². The van der Waals surface area contributed by atoms with Crippen LogP contribution in [0.25, 0.3) is 0 Å². The van der Waals surface area contributed by atoms with Gasteiger partial charge in [0.15, 0.2) is 0 Å². The Labute approximate surface area is 92.5 Å². The average molecular weight is 285 g/mol. The fourth-order valence-electron chi connectivity index (χ4n) is 1.18. The van der Waals surface area contributed by atoms with E-state index in [9.17, 15) is 18.3 Å². The van der Waals surface area contributed by atoms with Crippen LogP contribution in [0.2, 0.25) is 0 Å². The number of aliphatic hydroxyl groups is 1. The molecule has 0 aliphatic heterocycles. The molecule has 0 saturated carbocycles. The first-order valence-electron chi connectivity index (χ1n) is 4.05. The van der Waals surface area contributed by atoms with Crippen LogP contribution in [0.15, 0.2) is 16.6 Å². The largest absolute Gasteiger partial charge is 0.507 e. The number of hydrogen-bond donors (Lipinski definition) is 2. The van der Waals surface area contributed by atoms with E-state index >= 15 is 0 Å². The highest BCUT2D eigenvalue weighted by Gasteiger charge is 2.35. The number of phenols is 1. The van der Waals surface area contributed by atoms with Gasteiger partial charge in [-0.2, -0.15) is 13.2 Å². The van der Waals surface area contributed by atoms with Gasteiger partial charge >= 0.3 is 6.18 Å². The summed E-state index contributed by atoms with van der Waals surface area (Å²) in [4.78, 5) is 0. The molecule has 0 aliphatic carbocycles. The molecule has 1 aromatic rings. The molecular weight excluding hydrogens is 277 g/mol. The SMILES string of the molecule is OCCc1cc(Br)cc(C(F)(F)F)c1O. The number of aliphatic hydroxyl groups excluding tert-OH is 1. The van der Waals surface area contributed by atoms with Crippen LogP contribution in [0, 0.1) is 0 Å². The summed E-state index contributed by atoms with van der Waals surface area (Å²) in [7, 11) is 0. The lowest BCUT2D eigenvalue weighted by Crippen LogP contribution is -2.07. The van der Waals surface area contributed by atoms with Gasteiger partial charge in [-0.15, -0.1) is 0 Å². The fourth-order valence-corrected chi connectivity index (χ4v) is 1.69. The van der Waals surface area contributed by atoms with Crippen molar-refractivity contribution in [2.24, 2.45) is 0 Å². The van der Waals surface area contributed by atoms with Crippen LogP contribution in [0.3, 0.4) is 0 Å². The topological polar surface area (TPSA) is 40.5 Å². The first-order chi connectivity index (χ1) is 6.86. The Morgan fingerprint density at radius 3 is 2.33 bits per heavy atom.